The molecule has 1 rings (SSSR count). The first kappa shape index (κ1) is 26.4. The third-order valence-electron chi connectivity index (χ3n) is 4.32. The van der Waals surface area contributed by atoms with E-state index >= 15 is 0 Å². The van der Waals surface area contributed by atoms with Crippen molar-refractivity contribution in [3.63, 3.8) is 0 Å². The normalized spacial score (nSPS) is 17.4. The van der Waals surface area contributed by atoms with Crippen molar-refractivity contribution in [3.05, 3.63) is 0 Å². The van der Waals surface area contributed by atoms with Gasteiger partial charge >= 0.3 is 0 Å². The standard InChI is InChI=1S/C18H37N5O3.HI/c1-22(2)17(24)15-21-18(20-14-16-8-5-6-13-26-16)19-9-11-23(3)10-7-12-25-4;/h16H,5-15H2,1-4H3,(H2,19,20,21);1H. The molecule has 1 aliphatic heterocycles. The molecule has 0 aromatic rings. The first-order chi connectivity index (χ1) is 12.5. The van der Waals surface area contributed by atoms with Gasteiger partial charge in [-0.1, -0.05) is 0 Å². The van der Waals surface area contributed by atoms with Crippen molar-refractivity contribution in [2.24, 2.45) is 4.99 Å². The summed E-state index contributed by atoms with van der Waals surface area (Å²) < 4.78 is 10.8. The van der Waals surface area contributed by atoms with Gasteiger partial charge in [0.2, 0.25) is 5.91 Å². The SMILES string of the molecule is COCCCN(C)CCNC(=NCC(=O)N(C)C)NCC1CCCCO1.I. The van der Waals surface area contributed by atoms with E-state index in [1.165, 1.54) is 6.42 Å². The summed E-state index contributed by atoms with van der Waals surface area (Å²) in [4.78, 5) is 20.0. The molecule has 1 amide bonds. The number of methoxy groups -OCH3 is 1. The molecule has 0 saturated carbocycles. The minimum atomic E-state index is -0.0169. The molecule has 160 valence electrons. The summed E-state index contributed by atoms with van der Waals surface area (Å²) >= 11 is 0. The molecule has 27 heavy (non-hydrogen) atoms. The predicted octanol–water partition coefficient (Wildman–Crippen LogP) is 0.765. The monoisotopic (exact) mass is 499 g/mol. The number of hydrogen-bond acceptors (Lipinski definition) is 5. The topological polar surface area (TPSA) is 78.4 Å². The lowest BCUT2D eigenvalue weighted by Gasteiger charge is -2.24. The smallest absolute Gasteiger partial charge is 0.243 e. The van der Waals surface area contributed by atoms with Gasteiger partial charge < -0.3 is 29.9 Å². The van der Waals surface area contributed by atoms with E-state index in [2.05, 4.69) is 27.6 Å². The van der Waals surface area contributed by atoms with Crippen molar-refractivity contribution in [3.8, 4) is 0 Å². The molecule has 0 radical (unpaired) electrons. The third kappa shape index (κ3) is 13.2. The number of halogens is 1. The number of rotatable bonds is 11. The Morgan fingerprint density at radius 1 is 1.22 bits per heavy atom. The number of nitrogens with one attached hydrogen (secondary N) is 2. The molecule has 8 nitrogen and oxygen atoms in total. The highest BCUT2D eigenvalue weighted by Gasteiger charge is 2.14. The maximum atomic E-state index is 11.8. The summed E-state index contributed by atoms with van der Waals surface area (Å²) in [6.45, 7) is 5.11. The van der Waals surface area contributed by atoms with Crippen LogP contribution in [0, 0.1) is 0 Å². The predicted molar refractivity (Wildman–Crippen MR) is 120 cm³/mol. The lowest BCUT2D eigenvalue weighted by atomic mass is 10.1. The fraction of sp³-hybridized carbons (Fsp3) is 0.889. The molecule has 0 aromatic carbocycles. The summed E-state index contributed by atoms with van der Waals surface area (Å²) in [5, 5.41) is 6.63. The minimum absolute atomic E-state index is 0. The average molecular weight is 499 g/mol. The van der Waals surface area contributed by atoms with Gasteiger partial charge in [-0.25, -0.2) is 4.99 Å². The van der Waals surface area contributed by atoms with Gasteiger partial charge in [-0.2, -0.15) is 0 Å². The summed E-state index contributed by atoms with van der Waals surface area (Å²) in [5.41, 5.74) is 0. The second-order valence-electron chi connectivity index (χ2n) is 6.90. The maximum absolute atomic E-state index is 11.8. The van der Waals surface area contributed by atoms with Crippen LogP contribution in [0.1, 0.15) is 25.7 Å². The van der Waals surface area contributed by atoms with Crippen molar-refractivity contribution >= 4 is 35.8 Å². The first-order valence-electron chi connectivity index (χ1n) is 9.54. The van der Waals surface area contributed by atoms with Gasteiger partial charge in [0, 0.05) is 60.6 Å². The molecule has 0 aliphatic carbocycles. The number of likely N-dealkylation sites (N-methyl/N-ethyl adjacent to an activating group) is 2. The maximum Gasteiger partial charge on any atom is 0.243 e. The molecule has 1 saturated heterocycles. The minimum Gasteiger partial charge on any atom is -0.385 e. The molecule has 1 heterocycles. The van der Waals surface area contributed by atoms with Crippen molar-refractivity contribution in [2.75, 3.05) is 74.2 Å². The molecule has 1 atom stereocenters. The van der Waals surface area contributed by atoms with Gasteiger partial charge in [-0.15, -0.1) is 24.0 Å². The number of aliphatic imine (C=N–C) groups is 1. The molecule has 1 fully saturated rings. The Balaban J connectivity index is 0.00000676. The molecular formula is C18H38IN5O3. The number of amides is 1. The lowest BCUT2D eigenvalue weighted by molar-refractivity contribution is -0.127. The highest BCUT2D eigenvalue weighted by Crippen LogP contribution is 2.11. The van der Waals surface area contributed by atoms with Gasteiger partial charge in [0.05, 0.1) is 6.10 Å². The van der Waals surface area contributed by atoms with E-state index in [-0.39, 0.29) is 42.5 Å². The van der Waals surface area contributed by atoms with Gasteiger partial charge in [-0.3, -0.25) is 4.79 Å². The second-order valence-corrected chi connectivity index (χ2v) is 6.90. The molecule has 2 N–H and O–H groups in total. The fourth-order valence-corrected chi connectivity index (χ4v) is 2.60. The highest BCUT2D eigenvalue weighted by molar-refractivity contribution is 14.0. The van der Waals surface area contributed by atoms with Crippen LogP contribution in [0.5, 0.6) is 0 Å². The van der Waals surface area contributed by atoms with E-state index < -0.39 is 0 Å². The Hall–Kier alpha value is -0.650. The van der Waals surface area contributed by atoms with E-state index in [4.69, 9.17) is 9.47 Å². The van der Waals surface area contributed by atoms with Crippen LogP contribution in [-0.2, 0) is 14.3 Å². The van der Waals surface area contributed by atoms with Crippen molar-refractivity contribution < 1.29 is 14.3 Å². The number of carbonyl (C=O) groups excluding carboxylic acids is 1. The van der Waals surface area contributed by atoms with E-state index in [9.17, 15) is 4.79 Å². The zero-order valence-corrected chi connectivity index (χ0v) is 19.7. The zero-order chi connectivity index (χ0) is 19.2. The third-order valence-corrected chi connectivity index (χ3v) is 4.32. The van der Waals surface area contributed by atoms with Crippen LogP contribution in [0.15, 0.2) is 4.99 Å². The van der Waals surface area contributed by atoms with Gasteiger partial charge in [0.15, 0.2) is 5.96 Å². The second kappa shape index (κ2) is 16.3. The first-order valence-corrected chi connectivity index (χ1v) is 9.54. The number of hydrogen-bond donors (Lipinski definition) is 2. The van der Waals surface area contributed by atoms with Crippen LogP contribution >= 0.6 is 24.0 Å². The van der Waals surface area contributed by atoms with E-state index in [0.717, 1.165) is 52.1 Å². The molecule has 1 aliphatic rings. The molecule has 0 bridgehead atoms. The number of guanidine groups is 1. The Labute approximate surface area is 181 Å². The van der Waals surface area contributed by atoms with Crippen LogP contribution < -0.4 is 10.6 Å². The van der Waals surface area contributed by atoms with Crippen LogP contribution in [0.2, 0.25) is 0 Å². The van der Waals surface area contributed by atoms with Crippen molar-refractivity contribution in [1.82, 2.24) is 20.4 Å². The fourth-order valence-electron chi connectivity index (χ4n) is 2.60. The number of nitrogens with zero attached hydrogens (tertiary/aromatic N) is 3. The van der Waals surface area contributed by atoms with Gasteiger partial charge in [0.1, 0.15) is 6.54 Å². The Morgan fingerprint density at radius 3 is 2.63 bits per heavy atom. The summed E-state index contributed by atoms with van der Waals surface area (Å²) in [6, 6.07) is 0. The van der Waals surface area contributed by atoms with Crippen LogP contribution in [0.3, 0.4) is 0 Å². The quantitative estimate of drug-likeness (QED) is 0.189. The summed E-state index contributed by atoms with van der Waals surface area (Å²) in [6.07, 6.45) is 4.65. The lowest BCUT2D eigenvalue weighted by Crippen LogP contribution is -2.45. The van der Waals surface area contributed by atoms with Crippen LogP contribution in [0.25, 0.3) is 0 Å². The summed E-state index contributed by atoms with van der Waals surface area (Å²) in [7, 11) is 7.29. The highest BCUT2D eigenvalue weighted by atomic mass is 127. The molecule has 1 unspecified atom stereocenters. The Bertz CT molecular complexity index is 418. The van der Waals surface area contributed by atoms with E-state index in [1.54, 1.807) is 26.1 Å². The summed E-state index contributed by atoms with van der Waals surface area (Å²) in [5.74, 6) is 0.649. The van der Waals surface area contributed by atoms with Crippen LogP contribution in [0.4, 0.5) is 0 Å². The average Bonchev–Trinajstić information content (AvgIpc) is 2.64. The van der Waals surface area contributed by atoms with Gasteiger partial charge in [0.25, 0.3) is 0 Å². The largest absolute Gasteiger partial charge is 0.385 e. The molecule has 0 spiro atoms. The Kier molecular flexibility index (Phi) is 15.9. The molecule has 0 aromatic heterocycles. The van der Waals surface area contributed by atoms with Crippen molar-refractivity contribution in [1.29, 1.82) is 0 Å². The number of carbonyl (C=O) groups is 1. The molecule has 9 heteroatoms. The van der Waals surface area contributed by atoms with E-state index in [0.29, 0.717) is 12.5 Å². The van der Waals surface area contributed by atoms with Gasteiger partial charge in [-0.05, 0) is 32.7 Å². The van der Waals surface area contributed by atoms with Crippen LogP contribution in [-0.4, -0.2) is 102 Å². The zero-order valence-electron chi connectivity index (χ0n) is 17.3. The Morgan fingerprint density at radius 2 is 2.00 bits per heavy atom. The van der Waals surface area contributed by atoms with Crippen molar-refractivity contribution in [2.45, 2.75) is 31.8 Å². The van der Waals surface area contributed by atoms with E-state index in [1.807, 2.05) is 0 Å². The molecular weight excluding hydrogens is 461 g/mol. The number of ether oxygens (including phenoxy) is 2.